The molecule has 104 valence electrons. The molecule has 0 aliphatic carbocycles. The highest BCUT2D eigenvalue weighted by Crippen LogP contribution is 2.16. The Labute approximate surface area is 118 Å². The highest BCUT2D eigenvalue weighted by Gasteiger charge is 2.18. The number of fused-ring (bicyclic) bond motifs is 1. The molecule has 1 atom stereocenters. The van der Waals surface area contributed by atoms with Crippen LogP contribution < -0.4 is 11.1 Å². The van der Waals surface area contributed by atoms with Crippen molar-refractivity contribution in [1.82, 2.24) is 9.55 Å². The number of aromatic nitrogens is 2. The summed E-state index contributed by atoms with van der Waals surface area (Å²) in [5, 5.41) is 3.15. The van der Waals surface area contributed by atoms with Crippen molar-refractivity contribution in [2.75, 3.05) is 5.32 Å². The number of rotatable bonds is 2. The molecule has 0 amide bonds. The Hall–Kier alpha value is -2.30. The lowest BCUT2D eigenvalue weighted by Gasteiger charge is -2.20. The van der Waals surface area contributed by atoms with Gasteiger partial charge in [-0.05, 0) is 31.0 Å². The van der Waals surface area contributed by atoms with Crippen molar-refractivity contribution in [2.45, 2.75) is 32.4 Å². The van der Waals surface area contributed by atoms with Gasteiger partial charge in [-0.15, -0.1) is 0 Å². The molecule has 1 aromatic heterocycles. The van der Waals surface area contributed by atoms with Gasteiger partial charge in [0.05, 0.1) is 6.04 Å². The zero-order valence-electron chi connectivity index (χ0n) is 11.6. The number of aryl methyl sites for hydroxylation is 2. The maximum absolute atomic E-state index is 5.99. The first kappa shape index (κ1) is 12.7. The maximum atomic E-state index is 5.99. The molecule has 0 bridgehead atoms. The van der Waals surface area contributed by atoms with E-state index < -0.39 is 0 Å². The maximum Gasteiger partial charge on any atom is 0.193 e. The number of guanidine groups is 1. The van der Waals surface area contributed by atoms with E-state index in [9.17, 15) is 0 Å². The normalized spacial score (nSPS) is 18.6. The van der Waals surface area contributed by atoms with Crippen LogP contribution in [-0.4, -0.2) is 21.6 Å². The molecule has 0 spiro atoms. The quantitative estimate of drug-likeness (QED) is 0.646. The van der Waals surface area contributed by atoms with E-state index in [1.165, 1.54) is 5.56 Å². The fourth-order valence-electron chi connectivity index (χ4n) is 2.54. The van der Waals surface area contributed by atoms with Gasteiger partial charge in [0.15, 0.2) is 5.96 Å². The van der Waals surface area contributed by atoms with Crippen LogP contribution in [0.3, 0.4) is 0 Å². The summed E-state index contributed by atoms with van der Waals surface area (Å²) in [6.45, 7) is 3.01. The first-order chi connectivity index (χ1) is 9.70. The van der Waals surface area contributed by atoms with E-state index >= 15 is 0 Å². The van der Waals surface area contributed by atoms with Crippen LogP contribution in [0.5, 0.6) is 0 Å². The molecule has 1 aromatic carbocycles. The van der Waals surface area contributed by atoms with Crippen molar-refractivity contribution in [3.05, 3.63) is 48.0 Å². The van der Waals surface area contributed by atoms with Crippen molar-refractivity contribution in [2.24, 2.45) is 10.7 Å². The number of nitrogens with zero attached hydrogens (tertiary/aromatic N) is 3. The Bertz CT molecular complexity index is 629. The highest BCUT2D eigenvalue weighted by atomic mass is 15.1. The average molecular weight is 269 g/mol. The van der Waals surface area contributed by atoms with Gasteiger partial charge in [0.2, 0.25) is 0 Å². The third kappa shape index (κ3) is 2.82. The first-order valence-corrected chi connectivity index (χ1v) is 6.88. The summed E-state index contributed by atoms with van der Waals surface area (Å²) in [7, 11) is 0. The van der Waals surface area contributed by atoms with Gasteiger partial charge >= 0.3 is 0 Å². The number of anilines is 1. The number of aliphatic imine (C=N–C) groups is 1. The second-order valence-electron chi connectivity index (χ2n) is 5.19. The van der Waals surface area contributed by atoms with E-state index in [2.05, 4.69) is 38.9 Å². The van der Waals surface area contributed by atoms with Crippen molar-refractivity contribution in [3.8, 4) is 0 Å². The van der Waals surface area contributed by atoms with Gasteiger partial charge in [-0.25, -0.2) is 9.98 Å². The SMILES string of the molecule is Cc1cccc(NC(N)=NC2CCn3ccnc3C2)c1. The summed E-state index contributed by atoms with van der Waals surface area (Å²) >= 11 is 0. The summed E-state index contributed by atoms with van der Waals surface area (Å²) in [5.41, 5.74) is 8.17. The number of nitrogens with two attached hydrogens (primary N) is 1. The van der Waals surface area contributed by atoms with Gasteiger partial charge in [0.25, 0.3) is 0 Å². The van der Waals surface area contributed by atoms with Crippen LogP contribution in [0.25, 0.3) is 0 Å². The molecule has 1 aliphatic rings. The Morgan fingerprint density at radius 2 is 2.40 bits per heavy atom. The van der Waals surface area contributed by atoms with E-state index in [1.54, 1.807) is 0 Å². The third-order valence-electron chi connectivity index (χ3n) is 3.54. The predicted molar refractivity (Wildman–Crippen MR) is 80.8 cm³/mol. The van der Waals surface area contributed by atoms with Crippen LogP contribution in [0, 0.1) is 6.92 Å². The molecule has 0 saturated heterocycles. The Balaban J connectivity index is 1.67. The van der Waals surface area contributed by atoms with Gasteiger partial charge in [-0.1, -0.05) is 12.1 Å². The predicted octanol–water partition coefficient (Wildman–Crippen LogP) is 1.93. The van der Waals surface area contributed by atoms with Gasteiger partial charge in [-0.3, -0.25) is 0 Å². The lowest BCUT2D eigenvalue weighted by molar-refractivity contribution is 0.465. The standard InChI is InChI=1S/C15H19N5/c1-11-3-2-4-12(9-11)18-15(16)19-13-5-7-20-8-6-17-14(20)10-13/h2-4,6,8-9,13H,5,7,10H2,1H3,(H3,16,18,19). The minimum absolute atomic E-state index is 0.210. The second-order valence-corrected chi connectivity index (χ2v) is 5.19. The third-order valence-corrected chi connectivity index (χ3v) is 3.54. The Morgan fingerprint density at radius 1 is 1.50 bits per heavy atom. The number of imidazole rings is 1. The fraction of sp³-hybridized carbons (Fsp3) is 0.333. The summed E-state index contributed by atoms with van der Waals surface area (Å²) in [6.07, 6.45) is 5.71. The van der Waals surface area contributed by atoms with Crippen molar-refractivity contribution in [3.63, 3.8) is 0 Å². The Kier molecular flexibility index (Phi) is 3.41. The van der Waals surface area contributed by atoms with Crippen LogP contribution in [0.15, 0.2) is 41.7 Å². The lowest BCUT2D eigenvalue weighted by Crippen LogP contribution is -2.29. The number of nitrogens with one attached hydrogen (secondary N) is 1. The molecule has 1 unspecified atom stereocenters. The topological polar surface area (TPSA) is 68.2 Å². The molecule has 5 nitrogen and oxygen atoms in total. The zero-order chi connectivity index (χ0) is 13.9. The molecule has 0 radical (unpaired) electrons. The average Bonchev–Trinajstić information content (AvgIpc) is 2.86. The summed E-state index contributed by atoms with van der Waals surface area (Å²) in [6, 6.07) is 8.31. The van der Waals surface area contributed by atoms with E-state index in [1.807, 2.05) is 24.5 Å². The van der Waals surface area contributed by atoms with Crippen LogP contribution in [0.4, 0.5) is 5.69 Å². The zero-order valence-corrected chi connectivity index (χ0v) is 11.6. The Morgan fingerprint density at radius 3 is 3.25 bits per heavy atom. The van der Waals surface area contributed by atoms with Gasteiger partial charge in [-0.2, -0.15) is 0 Å². The molecular formula is C15H19N5. The molecule has 20 heavy (non-hydrogen) atoms. The number of benzene rings is 1. The molecule has 0 fully saturated rings. The van der Waals surface area contributed by atoms with E-state index in [-0.39, 0.29) is 6.04 Å². The van der Waals surface area contributed by atoms with Crippen molar-refractivity contribution < 1.29 is 0 Å². The smallest absolute Gasteiger partial charge is 0.193 e. The molecule has 5 heteroatoms. The van der Waals surface area contributed by atoms with Gasteiger partial charge in [0.1, 0.15) is 5.82 Å². The van der Waals surface area contributed by atoms with Crippen molar-refractivity contribution >= 4 is 11.6 Å². The van der Waals surface area contributed by atoms with Crippen LogP contribution >= 0.6 is 0 Å². The minimum atomic E-state index is 0.210. The first-order valence-electron chi connectivity index (χ1n) is 6.88. The van der Waals surface area contributed by atoms with Crippen LogP contribution in [0.1, 0.15) is 17.8 Å². The molecule has 0 saturated carbocycles. The summed E-state index contributed by atoms with van der Waals surface area (Å²) in [4.78, 5) is 8.91. The summed E-state index contributed by atoms with van der Waals surface area (Å²) in [5.74, 6) is 1.56. The van der Waals surface area contributed by atoms with Crippen LogP contribution in [0.2, 0.25) is 0 Å². The monoisotopic (exact) mass is 269 g/mol. The largest absolute Gasteiger partial charge is 0.370 e. The molecule has 1 aliphatic heterocycles. The van der Waals surface area contributed by atoms with Gasteiger partial charge < -0.3 is 15.6 Å². The lowest BCUT2D eigenvalue weighted by atomic mass is 10.1. The van der Waals surface area contributed by atoms with E-state index in [4.69, 9.17) is 5.73 Å². The molecule has 2 aromatic rings. The van der Waals surface area contributed by atoms with E-state index in [0.29, 0.717) is 5.96 Å². The summed E-state index contributed by atoms with van der Waals surface area (Å²) < 4.78 is 2.18. The molecular weight excluding hydrogens is 250 g/mol. The number of hydrogen-bond donors (Lipinski definition) is 2. The molecule has 2 heterocycles. The molecule has 3 N–H and O–H groups in total. The minimum Gasteiger partial charge on any atom is -0.370 e. The molecule has 3 rings (SSSR count). The highest BCUT2D eigenvalue weighted by molar-refractivity contribution is 5.92. The second kappa shape index (κ2) is 5.36. The number of hydrogen-bond acceptors (Lipinski definition) is 2. The van der Waals surface area contributed by atoms with Gasteiger partial charge in [0, 0.05) is 31.0 Å². The van der Waals surface area contributed by atoms with Crippen molar-refractivity contribution in [1.29, 1.82) is 0 Å². The van der Waals surface area contributed by atoms with Crippen LogP contribution in [-0.2, 0) is 13.0 Å². The fourth-order valence-corrected chi connectivity index (χ4v) is 2.54. The van der Waals surface area contributed by atoms with E-state index in [0.717, 1.165) is 30.9 Å².